The zero-order chi connectivity index (χ0) is 28.2. The molecule has 2 heterocycles. The highest BCUT2D eigenvalue weighted by atomic mass is 31.2. The molecule has 0 radical (unpaired) electrons. The molecule has 3 rings (SSSR count). The summed E-state index contributed by atoms with van der Waals surface area (Å²) in [6.45, 7) is 12.1. The minimum absolute atomic E-state index is 0.0741. The third kappa shape index (κ3) is 7.01. The van der Waals surface area contributed by atoms with Crippen LogP contribution in [0.3, 0.4) is 0 Å². The van der Waals surface area contributed by atoms with Crippen molar-refractivity contribution in [1.29, 1.82) is 5.26 Å². The van der Waals surface area contributed by atoms with Gasteiger partial charge < -0.3 is 23.0 Å². The molecule has 0 bridgehead atoms. The molecule has 38 heavy (non-hydrogen) atoms. The van der Waals surface area contributed by atoms with Gasteiger partial charge in [0.2, 0.25) is 7.37 Å². The second-order valence-electron chi connectivity index (χ2n) is 10.1. The van der Waals surface area contributed by atoms with Crippen LogP contribution in [0.15, 0.2) is 21.9 Å². The molecule has 2 aliphatic rings. The van der Waals surface area contributed by atoms with E-state index in [2.05, 4.69) is 15.7 Å². The lowest BCUT2D eigenvalue weighted by atomic mass is 10.1. The summed E-state index contributed by atoms with van der Waals surface area (Å²) in [7, 11) is -3.04. The molecule has 0 aromatic carbocycles. The maximum absolute atomic E-state index is 13.2. The van der Waals surface area contributed by atoms with Gasteiger partial charge in [0.25, 0.3) is 14.1 Å². The minimum Gasteiger partial charge on any atom is -0.374 e. The Kier molecular flexibility index (Phi) is 10.9. The van der Waals surface area contributed by atoms with Crippen LogP contribution in [-0.2, 0) is 27.6 Å². The van der Waals surface area contributed by atoms with Crippen molar-refractivity contribution in [1.82, 2.24) is 14.2 Å². The van der Waals surface area contributed by atoms with Gasteiger partial charge in [0.05, 0.1) is 31.8 Å². The zero-order valence-corrected chi connectivity index (χ0v) is 24.9. The molecule has 0 spiro atoms. The summed E-state index contributed by atoms with van der Waals surface area (Å²) >= 11 is 0. The fraction of sp³-hybridized carbons (Fsp3) is 0.792. The van der Waals surface area contributed by atoms with Crippen molar-refractivity contribution in [3.8, 4) is 6.07 Å². The second-order valence-corrected chi connectivity index (χ2v) is 14.3. The van der Waals surface area contributed by atoms with Gasteiger partial charge in [-0.15, -0.1) is 0 Å². The molecule has 0 amide bonds. The van der Waals surface area contributed by atoms with E-state index in [1.54, 1.807) is 6.66 Å². The zero-order valence-electron chi connectivity index (χ0n) is 23.1. The maximum Gasteiger partial charge on any atom is 0.330 e. The highest BCUT2D eigenvalue weighted by Crippen LogP contribution is 2.65. The number of aromatic amines is 1. The second kappa shape index (κ2) is 13.3. The van der Waals surface area contributed by atoms with Crippen LogP contribution in [0.5, 0.6) is 0 Å². The minimum atomic E-state index is -2.90. The molecular weight excluding hydrogens is 534 g/mol. The van der Waals surface area contributed by atoms with Crippen LogP contribution in [-0.4, -0.2) is 77.3 Å². The fourth-order valence-corrected chi connectivity index (χ4v) is 9.02. The number of rotatable bonds is 14. The predicted molar refractivity (Wildman–Crippen MR) is 143 cm³/mol. The molecule has 8 atom stereocenters. The number of nitrogens with zero attached hydrogens (tertiary/aromatic N) is 3. The van der Waals surface area contributed by atoms with Crippen LogP contribution >= 0.6 is 15.9 Å². The van der Waals surface area contributed by atoms with Gasteiger partial charge in [0.1, 0.15) is 12.2 Å². The number of aromatic nitrogens is 2. The Morgan fingerprint density at radius 2 is 1.97 bits per heavy atom. The molecular formula is C24H40N4O8P2. The largest absolute Gasteiger partial charge is 0.374 e. The topological polar surface area (TPSA) is 145 Å². The Balaban J connectivity index is 2.00. The summed E-state index contributed by atoms with van der Waals surface area (Å²) in [5, 5.41) is 9.07. The standard InChI is InChI=1S/C24H40N4O8P2/c1-8-34-38(7,31)18-14-17(18)20-21(36-37(33-13-9-11-25)28(15(2)3)16(4)5)22(32-6)23(35-20)27-12-10-19(29)26-24(27)30/h10,12,15-18,20-23H,8-9,13-14H2,1-7H3,(H,26,29,30)/t17?,18?,20-,21+,22?,23-,37?,38?/m1/s1. The summed E-state index contributed by atoms with van der Waals surface area (Å²) in [5.74, 6) is -0.147. The van der Waals surface area contributed by atoms with E-state index in [9.17, 15) is 14.2 Å². The van der Waals surface area contributed by atoms with E-state index in [1.807, 2.05) is 34.6 Å². The quantitative estimate of drug-likeness (QED) is 0.259. The first-order valence-electron chi connectivity index (χ1n) is 12.9. The Morgan fingerprint density at radius 3 is 2.53 bits per heavy atom. The van der Waals surface area contributed by atoms with Crippen LogP contribution in [0.1, 0.15) is 53.7 Å². The average molecular weight is 575 g/mol. The van der Waals surface area contributed by atoms with Gasteiger partial charge in [-0.2, -0.15) is 5.26 Å². The molecule has 12 nitrogen and oxygen atoms in total. The summed E-state index contributed by atoms with van der Waals surface area (Å²) < 4.78 is 47.3. The van der Waals surface area contributed by atoms with Crippen LogP contribution in [0.25, 0.3) is 0 Å². The monoisotopic (exact) mass is 574 g/mol. The van der Waals surface area contributed by atoms with Crippen molar-refractivity contribution < 1.29 is 27.6 Å². The first kappa shape index (κ1) is 31.1. The summed E-state index contributed by atoms with van der Waals surface area (Å²) in [4.78, 5) is 26.6. The van der Waals surface area contributed by atoms with Crippen molar-refractivity contribution in [3.63, 3.8) is 0 Å². The van der Waals surface area contributed by atoms with Gasteiger partial charge in [-0.25, -0.2) is 9.46 Å². The SMILES string of the molecule is CCOP(C)(=O)C1CC1[C@H]1O[C@@H](n2ccc(=O)[nH]c2=O)C(OC)[C@H]1OP(OCCC#N)N(C(C)C)C(C)C. The van der Waals surface area contributed by atoms with Crippen LogP contribution in [0.4, 0.5) is 0 Å². The van der Waals surface area contributed by atoms with E-state index in [4.69, 9.17) is 28.3 Å². The fourth-order valence-electron chi connectivity index (χ4n) is 5.07. The number of nitrogens with one attached hydrogen (secondary N) is 1. The molecule has 1 saturated heterocycles. The number of hydrogen-bond acceptors (Lipinski definition) is 10. The van der Waals surface area contributed by atoms with Crippen LogP contribution in [0.2, 0.25) is 0 Å². The van der Waals surface area contributed by atoms with Gasteiger partial charge in [0, 0.05) is 49.7 Å². The normalized spacial score (nSPS) is 29.5. The highest BCUT2D eigenvalue weighted by molar-refractivity contribution is 7.59. The lowest BCUT2D eigenvalue weighted by Gasteiger charge is -2.38. The Bertz CT molecular complexity index is 1130. The lowest BCUT2D eigenvalue weighted by Crippen LogP contribution is -2.41. The third-order valence-electron chi connectivity index (χ3n) is 6.71. The van der Waals surface area contributed by atoms with Crippen LogP contribution in [0, 0.1) is 17.2 Å². The van der Waals surface area contributed by atoms with E-state index in [1.165, 1.54) is 23.9 Å². The molecule has 1 aliphatic heterocycles. The highest BCUT2D eigenvalue weighted by Gasteiger charge is 2.61. The molecule has 14 heteroatoms. The maximum atomic E-state index is 13.2. The molecule has 1 N–H and O–H groups in total. The van der Waals surface area contributed by atoms with Gasteiger partial charge in [-0.1, -0.05) is 0 Å². The molecule has 2 fully saturated rings. The first-order chi connectivity index (χ1) is 18.0. The summed E-state index contributed by atoms with van der Waals surface area (Å²) in [6, 6.07) is 3.49. The number of nitriles is 1. The number of ether oxygens (including phenoxy) is 2. The van der Waals surface area contributed by atoms with E-state index in [0.29, 0.717) is 13.0 Å². The predicted octanol–water partition coefficient (Wildman–Crippen LogP) is 3.44. The Labute approximate surface area is 225 Å². The van der Waals surface area contributed by atoms with Crippen molar-refractivity contribution in [2.75, 3.05) is 27.0 Å². The van der Waals surface area contributed by atoms with Gasteiger partial charge >= 0.3 is 5.69 Å². The van der Waals surface area contributed by atoms with Crippen molar-refractivity contribution in [3.05, 3.63) is 33.1 Å². The van der Waals surface area contributed by atoms with E-state index in [-0.39, 0.29) is 36.7 Å². The molecule has 1 aromatic rings. The van der Waals surface area contributed by atoms with Crippen molar-refractivity contribution in [2.24, 2.45) is 5.92 Å². The molecule has 1 aromatic heterocycles. The first-order valence-corrected chi connectivity index (χ1v) is 16.2. The van der Waals surface area contributed by atoms with Gasteiger partial charge in [-0.05, 0) is 41.0 Å². The summed E-state index contributed by atoms with van der Waals surface area (Å²) in [6.07, 6.45) is -0.703. The smallest absolute Gasteiger partial charge is 0.330 e. The van der Waals surface area contributed by atoms with Crippen molar-refractivity contribution >= 4 is 15.9 Å². The third-order valence-corrected chi connectivity index (χ3v) is 11.4. The van der Waals surface area contributed by atoms with E-state index < -0.39 is 51.7 Å². The molecule has 1 aliphatic carbocycles. The Morgan fingerprint density at radius 1 is 1.29 bits per heavy atom. The van der Waals surface area contributed by atoms with E-state index in [0.717, 1.165) is 0 Å². The van der Waals surface area contributed by atoms with Crippen molar-refractivity contribution in [2.45, 2.75) is 89.7 Å². The number of H-pyrrole nitrogens is 1. The number of hydrogen-bond donors (Lipinski definition) is 1. The average Bonchev–Trinajstić information content (AvgIpc) is 3.56. The van der Waals surface area contributed by atoms with Gasteiger partial charge in [-0.3, -0.25) is 18.9 Å². The molecule has 1 saturated carbocycles. The number of methoxy groups -OCH3 is 1. The Hall–Kier alpha value is -1.41. The van der Waals surface area contributed by atoms with E-state index >= 15 is 0 Å². The summed E-state index contributed by atoms with van der Waals surface area (Å²) in [5.41, 5.74) is -1.36. The molecule has 5 unspecified atom stereocenters. The van der Waals surface area contributed by atoms with Gasteiger partial charge in [0.15, 0.2) is 6.23 Å². The van der Waals surface area contributed by atoms with Crippen LogP contribution < -0.4 is 11.2 Å². The molecule has 214 valence electrons. The lowest BCUT2D eigenvalue weighted by molar-refractivity contribution is -0.0570.